The lowest BCUT2D eigenvalue weighted by molar-refractivity contribution is -0.126. The maximum atomic E-state index is 12.4. The Labute approximate surface area is 108 Å². The highest BCUT2D eigenvalue weighted by Crippen LogP contribution is 2.31. The van der Waals surface area contributed by atoms with E-state index in [4.69, 9.17) is 0 Å². The van der Waals surface area contributed by atoms with Crippen molar-refractivity contribution in [1.29, 1.82) is 0 Å². The summed E-state index contributed by atoms with van der Waals surface area (Å²) in [7, 11) is 0. The van der Waals surface area contributed by atoms with Crippen LogP contribution in [0.15, 0.2) is 12.4 Å². The molecule has 1 atom stereocenters. The second-order valence-electron chi connectivity index (χ2n) is 4.95. The molecule has 0 aliphatic carbocycles. The van der Waals surface area contributed by atoms with Crippen molar-refractivity contribution in [2.45, 2.75) is 39.7 Å². The van der Waals surface area contributed by atoms with Gasteiger partial charge in [0.25, 0.3) is 0 Å². The lowest BCUT2D eigenvalue weighted by atomic mass is 9.77. The summed E-state index contributed by atoms with van der Waals surface area (Å²) in [6.07, 6.45) is 6.48. The summed E-state index contributed by atoms with van der Waals surface area (Å²) in [5.74, 6) is 0.118. The minimum Gasteiger partial charge on any atom is -0.323 e. The number of hydrogen-bond donors (Lipinski definition) is 2. The number of nitrogens with one attached hydrogen (secondary N) is 2. The highest BCUT2D eigenvalue weighted by atomic mass is 16.2. The summed E-state index contributed by atoms with van der Waals surface area (Å²) in [6.45, 7) is 6.72. The van der Waals surface area contributed by atoms with Gasteiger partial charge in [-0.05, 0) is 32.7 Å². The molecule has 0 radical (unpaired) electrons. The van der Waals surface area contributed by atoms with E-state index in [9.17, 15) is 4.79 Å². The first-order chi connectivity index (χ1) is 8.70. The van der Waals surface area contributed by atoms with Crippen LogP contribution < -0.4 is 10.6 Å². The zero-order chi connectivity index (χ0) is 13.0. The Bertz CT molecular complexity index is 407. The predicted molar refractivity (Wildman–Crippen MR) is 71.4 cm³/mol. The third kappa shape index (κ3) is 2.56. The summed E-state index contributed by atoms with van der Waals surface area (Å²) in [4.78, 5) is 12.4. The smallest absolute Gasteiger partial charge is 0.231 e. The van der Waals surface area contributed by atoms with Crippen LogP contribution in [0.1, 0.15) is 33.1 Å². The fourth-order valence-corrected chi connectivity index (χ4v) is 2.49. The number of amides is 1. The fourth-order valence-electron chi connectivity index (χ4n) is 2.49. The lowest BCUT2D eigenvalue weighted by Crippen LogP contribution is -2.47. The first-order valence-electron chi connectivity index (χ1n) is 6.75. The number of nitrogens with zero attached hydrogens (tertiary/aromatic N) is 2. The predicted octanol–water partition coefficient (Wildman–Crippen LogP) is 1.62. The van der Waals surface area contributed by atoms with E-state index in [1.54, 1.807) is 6.20 Å². The van der Waals surface area contributed by atoms with Gasteiger partial charge in [0.05, 0.1) is 17.3 Å². The van der Waals surface area contributed by atoms with Crippen LogP contribution in [0.4, 0.5) is 5.69 Å². The van der Waals surface area contributed by atoms with Gasteiger partial charge in [-0.1, -0.05) is 6.92 Å². The van der Waals surface area contributed by atoms with Crippen molar-refractivity contribution >= 4 is 11.6 Å². The minimum atomic E-state index is -0.257. The molecule has 1 aromatic rings. The van der Waals surface area contributed by atoms with E-state index < -0.39 is 0 Å². The Hall–Kier alpha value is -1.36. The molecule has 1 aliphatic rings. The fraction of sp³-hybridized carbons (Fsp3) is 0.692. The Kier molecular flexibility index (Phi) is 4.01. The molecule has 5 heteroatoms. The van der Waals surface area contributed by atoms with E-state index in [0.29, 0.717) is 0 Å². The molecular weight excluding hydrogens is 228 g/mol. The Balaban J connectivity index is 2.05. The molecule has 2 heterocycles. The maximum Gasteiger partial charge on any atom is 0.231 e. The van der Waals surface area contributed by atoms with E-state index in [1.165, 1.54) is 0 Å². The van der Waals surface area contributed by atoms with Crippen LogP contribution in [-0.2, 0) is 11.3 Å². The molecule has 1 aliphatic heterocycles. The van der Waals surface area contributed by atoms with Gasteiger partial charge in [0.15, 0.2) is 0 Å². The van der Waals surface area contributed by atoms with Crippen LogP contribution in [0.5, 0.6) is 0 Å². The molecule has 0 aromatic carbocycles. The summed E-state index contributed by atoms with van der Waals surface area (Å²) >= 11 is 0. The number of carbonyl (C=O) groups excluding carboxylic acids is 1. The van der Waals surface area contributed by atoms with Gasteiger partial charge < -0.3 is 10.6 Å². The monoisotopic (exact) mass is 250 g/mol. The van der Waals surface area contributed by atoms with Gasteiger partial charge in [-0.25, -0.2) is 0 Å². The number of anilines is 1. The van der Waals surface area contributed by atoms with E-state index in [-0.39, 0.29) is 11.3 Å². The first kappa shape index (κ1) is 13.1. The van der Waals surface area contributed by atoms with Crippen molar-refractivity contribution in [3.63, 3.8) is 0 Å². The lowest BCUT2D eigenvalue weighted by Gasteiger charge is -2.35. The molecule has 0 bridgehead atoms. The number of aryl methyl sites for hydroxylation is 1. The molecule has 1 fully saturated rings. The van der Waals surface area contributed by atoms with Gasteiger partial charge in [-0.3, -0.25) is 9.48 Å². The zero-order valence-electron chi connectivity index (χ0n) is 11.2. The highest BCUT2D eigenvalue weighted by Gasteiger charge is 2.37. The Morgan fingerprint density at radius 1 is 1.61 bits per heavy atom. The van der Waals surface area contributed by atoms with E-state index in [0.717, 1.165) is 44.6 Å². The largest absolute Gasteiger partial charge is 0.323 e. The van der Waals surface area contributed by atoms with Gasteiger partial charge in [0.1, 0.15) is 0 Å². The molecule has 2 rings (SSSR count). The van der Waals surface area contributed by atoms with Gasteiger partial charge in [0, 0.05) is 19.3 Å². The maximum absolute atomic E-state index is 12.4. The second-order valence-corrected chi connectivity index (χ2v) is 4.95. The number of rotatable bonds is 4. The molecule has 0 spiro atoms. The Morgan fingerprint density at radius 2 is 2.44 bits per heavy atom. The number of aromatic nitrogens is 2. The number of carbonyl (C=O) groups is 1. The van der Waals surface area contributed by atoms with Gasteiger partial charge in [0.2, 0.25) is 5.91 Å². The summed E-state index contributed by atoms with van der Waals surface area (Å²) < 4.78 is 1.81. The third-order valence-electron chi connectivity index (χ3n) is 3.85. The summed E-state index contributed by atoms with van der Waals surface area (Å²) in [5.41, 5.74) is 0.535. The van der Waals surface area contributed by atoms with Gasteiger partial charge in [-0.15, -0.1) is 0 Å². The topological polar surface area (TPSA) is 59.0 Å². The van der Waals surface area contributed by atoms with E-state index >= 15 is 0 Å². The van der Waals surface area contributed by atoms with Crippen LogP contribution in [0.2, 0.25) is 0 Å². The van der Waals surface area contributed by atoms with Crippen LogP contribution in [0.3, 0.4) is 0 Å². The highest BCUT2D eigenvalue weighted by molar-refractivity contribution is 5.95. The van der Waals surface area contributed by atoms with Crippen LogP contribution >= 0.6 is 0 Å². The van der Waals surface area contributed by atoms with Crippen molar-refractivity contribution in [1.82, 2.24) is 15.1 Å². The second kappa shape index (κ2) is 5.52. The number of piperidine rings is 1. The number of hydrogen-bond acceptors (Lipinski definition) is 3. The van der Waals surface area contributed by atoms with Crippen LogP contribution in [0, 0.1) is 5.41 Å². The Morgan fingerprint density at radius 3 is 3.00 bits per heavy atom. The van der Waals surface area contributed by atoms with Gasteiger partial charge >= 0.3 is 0 Å². The molecular formula is C13H22N4O. The van der Waals surface area contributed by atoms with Crippen molar-refractivity contribution in [2.75, 3.05) is 18.4 Å². The summed E-state index contributed by atoms with van der Waals surface area (Å²) in [5, 5.41) is 10.5. The van der Waals surface area contributed by atoms with Crippen molar-refractivity contribution in [3.8, 4) is 0 Å². The van der Waals surface area contributed by atoms with Crippen molar-refractivity contribution in [2.24, 2.45) is 5.41 Å². The SMILES string of the molecule is CCn1cc(NC(=O)C2(CC)CCCNC2)cn1. The molecule has 1 aromatic heterocycles. The van der Waals surface area contributed by atoms with E-state index in [1.807, 2.05) is 17.8 Å². The van der Waals surface area contributed by atoms with Crippen LogP contribution in [-0.4, -0.2) is 28.8 Å². The summed E-state index contributed by atoms with van der Waals surface area (Å²) in [6, 6.07) is 0. The molecule has 1 amide bonds. The average molecular weight is 250 g/mol. The van der Waals surface area contributed by atoms with Crippen molar-refractivity contribution in [3.05, 3.63) is 12.4 Å². The molecule has 0 saturated carbocycles. The molecule has 5 nitrogen and oxygen atoms in total. The first-order valence-corrected chi connectivity index (χ1v) is 6.75. The molecule has 100 valence electrons. The normalized spacial score (nSPS) is 23.9. The third-order valence-corrected chi connectivity index (χ3v) is 3.85. The quantitative estimate of drug-likeness (QED) is 0.853. The average Bonchev–Trinajstić information content (AvgIpc) is 2.87. The standard InChI is InChI=1S/C13H22N4O/c1-3-13(6-5-7-14-10-13)12(18)16-11-8-15-17(4-2)9-11/h8-9,14H,3-7,10H2,1-2H3,(H,16,18). The zero-order valence-corrected chi connectivity index (χ0v) is 11.2. The van der Waals surface area contributed by atoms with Crippen molar-refractivity contribution < 1.29 is 4.79 Å². The molecule has 18 heavy (non-hydrogen) atoms. The van der Waals surface area contributed by atoms with Crippen LogP contribution in [0.25, 0.3) is 0 Å². The molecule has 1 unspecified atom stereocenters. The minimum absolute atomic E-state index is 0.118. The molecule has 1 saturated heterocycles. The van der Waals surface area contributed by atoms with E-state index in [2.05, 4.69) is 22.7 Å². The van der Waals surface area contributed by atoms with Gasteiger partial charge in [-0.2, -0.15) is 5.10 Å². The molecule has 2 N–H and O–H groups in total.